The summed E-state index contributed by atoms with van der Waals surface area (Å²) in [5.41, 5.74) is -3.67. The number of carbonyl (C=O) groups excluding carboxylic acids is 2. The third-order valence-corrected chi connectivity index (χ3v) is 7.86. The number of carbonyl (C=O) groups is 2. The van der Waals surface area contributed by atoms with Crippen LogP contribution in [0.3, 0.4) is 0 Å². The van der Waals surface area contributed by atoms with Crippen LogP contribution in [0.4, 0.5) is 40.8 Å². The molecule has 2 aromatic carbocycles. The van der Waals surface area contributed by atoms with Gasteiger partial charge in [0.2, 0.25) is 5.91 Å². The zero-order valence-electron chi connectivity index (χ0n) is 23.0. The number of likely N-dealkylation sites (tertiary alicyclic amines) is 1. The molecule has 4 aromatic rings. The van der Waals surface area contributed by atoms with Crippen molar-refractivity contribution in [1.29, 1.82) is 0 Å². The number of benzene rings is 2. The Morgan fingerprint density at radius 1 is 0.911 bits per heavy atom. The van der Waals surface area contributed by atoms with E-state index in [1.165, 1.54) is 46.5 Å². The highest BCUT2D eigenvalue weighted by Gasteiger charge is 2.41. The molecule has 0 radical (unpaired) electrons. The van der Waals surface area contributed by atoms with E-state index in [9.17, 15) is 44.7 Å². The fourth-order valence-corrected chi connectivity index (χ4v) is 5.74. The van der Waals surface area contributed by atoms with Gasteiger partial charge in [-0.2, -0.15) is 31.4 Å². The van der Waals surface area contributed by atoms with Crippen molar-refractivity contribution in [2.75, 3.05) is 18.0 Å². The Hall–Kier alpha value is -4.82. The number of halogens is 8. The number of pyridine rings is 1. The highest BCUT2D eigenvalue weighted by Crippen LogP contribution is 2.40. The highest BCUT2D eigenvalue weighted by molar-refractivity contribution is 6.02. The quantitative estimate of drug-likeness (QED) is 0.242. The first-order valence-electron chi connectivity index (χ1n) is 13.6. The van der Waals surface area contributed by atoms with Crippen LogP contribution in [-0.4, -0.2) is 50.6 Å². The smallest absolute Gasteiger partial charge is 0.337 e. The number of amides is 2. The van der Waals surface area contributed by atoms with E-state index in [-0.39, 0.29) is 61.1 Å². The van der Waals surface area contributed by atoms with Gasteiger partial charge >= 0.3 is 12.4 Å². The van der Waals surface area contributed by atoms with Crippen molar-refractivity contribution in [2.45, 2.75) is 37.7 Å². The van der Waals surface area contributed by atoms with Gasteiger partial charge in [-0.1, -0.05) is 6.07 Å². The van der Waals surface area contributed by atoms with E-state index in [0.29, 0.717) is 17.7 Å². The zero-order valence-corrected chi connectivity index (χ0v) is 23.0. The molecule has 0 saturated carbocycles. The van der Waals surface area contributed by atoms with E-state index in [1.807, 2.05) is 0 Å². The molecule has 0 bridgehead atoms. The fraction of sp³-hybridized carbons (Fsp3) is 0.267. The maximum absolute atomic E-state index is 14.6. The van der Waals surface area contributed by atoms with Crippen LogP contribution in [0.25, 0.3) is 16.9 Å². The number of piperidine rings is 1. The Kier molecular flexibility index (Phi) is 7.36. The molecule has 45 heavy (non-hydrogen) atoms. The van der Waals surface area contributed by atoms with Gasteiger partial charge in [0.1, 0.15) is 0 Å². The molecule has 0 atom stereocenters. The van der Waals surface area contributed by atoms with E-state index >= 15 is 0 Å². The van der Waals surface area contributed by atoms with Crippen molar-refractivity contribution in [3.8, 4) is 16.9 Å². The average Bonchev–Trinajstić information content (AvgIpc) is 3.60. The number of fused-ring (bicyclic) bond motifs is 1. The normalized spacial score (nSPS) is 16.0. The minimum Gasteiger partial charge on any atom is -0.337 e. The van der Waals surface area contributed by atoms with E-state index in [2.05, 4.69) is 10.1 Å². The van der Waals surface area contributed by atoms with Crippen molar-refractivity contribution >= 4 is 17.5 Å². The fourth-order valence-electron chi connectivity index (χ4n) is 5.74. The van der Waals surface area contributed by atoms with E-state index in [1.54, 1.807) is 0 Å². The number of alkyl halides is 6. The molecule has 0 N–H and O–H groups in total. The van der Waals surface area contributed by atoms with Gasteiger partial charge in [0.05, 0.1) is 34.6 Å². The molecule has 2 aromatic heterocycles. The van der Waals surface area contributed by atoms with E-state index in [0.717, 1.165) is 10.7 Å². The summed E-state index contributed by atoms with van der Waals surface area (Å²) in [6, 6.07) is 7.10. The summed E-state index contributed by atoms with van der Waals surface area (Å²) in [7, 11) is 0. The largest absolute Gasteiger partial charge is 0.418 e. The molecule has 234 valence electrons. The monoisotopic (exact) mass is 635 g/mol. The topological polar surface area (TPSA) is 71.3 Å². The lowest BCUT2D eigenvalue weighted by Gasteiger charge is -2.36. The first kappa shape index (κ1) is 30.2. The van der Waals surface area contributed by atoms with Crippen LogP contribution in [0, 0.1) is 11.6 Å². The van der Waals surface area contributed by atoms with Crippen molar-refractivity contribution < 1.29 is 44.7 Å². The van der Waals surface area contributed by atoms with Gasteiger partial charge in [-0.05, 0) is 60.9 Å². The molecule has 0 aliphatic carbocycles. The third kappa shape index (κ3) is 5.51. The molecular formula is C30H21F8N5O2. The predicted molar refractivity (Wildman–Crippen MR) is 143 cm³/mol. The molecule has 4 heterocycles. The summed E-state index contributed by atoms with van der Waals surface area (Å²) in [5, 5.41) is 4.12. The van der Waals surface area contributed by atoms with Gasteiger partial charge in [-0.3, -0.25) is 14.6 Å². The number of rotatable bonds is 4. The van der Waals surface area contributed by atoms with Crippen LogP contribution < -0.4 is 4.90 Å². The van der Waals surface area contributed by atoms with Crippen LogP contribution in [0.1, 0.15) is 40.0 Å². The molecular weight excluding hydrogens is 614 g/mol. The van der Waals surface area contributed by atoms with Crippen LogP contribution in [0.5, 0.6) is 0 Å². The minimum atomic E-state index is -5.20. The highest BCUT2D eigenvalue weighted by atomic mass is 19.4. The predicted octanol–water partition coefficient (Wildman–Crippen LogP) is 6.44. The van der Waals surface area contributed by atoms with Gasteiger partial charge in [-0.25, -0.2) is 13.5 Å². The molecule has 6 rings (SSSR count). The molecule has 1 saturated heterocycles. The molecule has 1 fully saturated rings. The van der Waals surface area contributed by atoms with Gasteiger partial charge in [-0.15, -0.1) is 0 Å². The molecule has 2 aliphatic heterocycles. The first-order valence-corrected chi connectivity index (χ1v) is 13.6. The van der Waals surface area contributed by atoms with Gasteiger partial charge < -0.3 is 9.80 Å². The second kappa shape index (κ2) is 11.0. The summed E-state index contributed by atoms with van der Waals surface area (Å²) in [5.74, 6) is -3.31. The maximum Gasteiger partial charge on any atom is 0.418 e. The number of hydrogen-bond acceptors (Lipinski definition) is 4. The molecule has 2 amide bonds. The Morgan fingerprint density at radius 2 is 1.64 bits per heavy atom. The van der Waals surface area contributed by atoms with Gasteiger partial charge in [0, 0.05) is 37.1 Å². The van der Waals surface area contributed by atoms with Crippen LogP contribution in [0.15, 0.2) is 60.9 Å². The Morgan fingerprint density at radius 3 is 2.29 bits per heavy atom. The van der Waals surface area contributed by atoms with E-state index < -0.39 is 58.7 Å². The summed E-state index contributed by atoms with van der Waals surface area (Å²) in [6.07, 6.45) is -7.23. The Labute approximate surface area is 249 Å². The molecule has 2 aliphatic rings. The van der Waals surface area contributed by atoms with Gasteiger partial charge in [0.25, 0.3) is 5.91 Å². The zero-order chi connectivity index (χ0) is 32.3. The van der Waals surface area contributed by atoms with Crippen molar-refractivity contribution in [3.63, 3.8) is 0 Å². The number of hydrogen-bond donors (Lipinski definition) is 0. The van der Waals surface area contributed by atoms with Crippen molar-refractivity contribution in [3.05, 3.63) is 94.9 Å². The van der Waals surface area contributed by atoms with E-state index in [4.69, 9.17) is 0 Å². The van der Waals surface area contributed by atoms with Crippen LogP contribution in [0.2, 0.25) is 0 Å². The lowest BCUT2D eigenvalue weighted by Crippen LogP contribution is -2.48. The van der Waals surface area contributed by atoms with Crippen LogP contribution >= 0.6 is 0 Å². The Bertz CT molecular complexity index is 1790. The standard InChI is InChI=1S/C30H21F8N5O2/c31-21-5-3-16-12-25(44)42(27(16)26(21)32)19-7-10-41(11-8-19)28(45)22-14-24(17-2-1-9-39-15-17)43(40-22)23-6-4-18(29(33,34)35)13-20(23)30(36,37)38/h1-6,9,13-15,19H,7-8,10-12H2. The first-order chi connectivity index (χ1) is 21.2. The van der Waals surface area contributed by atoms with Crippen LogP contribution in [-0.2, 0) is 23.6 Å². The molecule has 0 spiro atoms. The van der Waals surface area contributed by atoms with Gasteiger partial charge in [0.15, 0.2) is 17.3 Å². The third-order valence-electron chi connectivity index (χ3n) is 7.86. The molecule has 15 heteroatoms. The number of nitrogens with zero attached hydrogens (tertiary/aromatic N) is 5. The second-order valence-electron chi connectivity index (χ2n) is 10.6. The summed E-state index contributed by atoms with van der Waals surface area (Å²) < 4.78 is 111. The maximum atomic E-state index is 14.6. The Balaban J connectivity index is 1.32. The lowest BCUT2D eigenvalue weighted by atomic mass is 10.0. The summed E-state index contributed by atoms with van der Waals surface area (Å²) in [4.78, 5) is 32.8. The molecule has 0 unspecified atom stereocenters. The summed E-state index contributed by atoms with van der Waals surface area (Å²) in [6.45, 7) is 0.116. The number of aromatic nitrogens is 3. The van der Waals surface area contributed by atoms with Crippen molar-refractivity contribution in [2.24, 2.45) is 0 Å². The average molecular weight is 636 g/mol. The number of anilines is 1. The summed E-state index contributed by atoms with van der Waals surface area (Å²) >= 11 is 0. The minimum absolute atomic E-state index is 0.0111. The second-order valence-corrected chi connectivity index (χ2v) is 10.6. The SMILES string of the molecule is O=C(c1cc(-c2cccnc2)n(-c2ccc(C(F)(F)F)cc2C(F)(F)F)n1)N1CCC(N2C(=O)Cc3ccc(F)c(F)c32)CC1. The lowest BCUT2D eigenvalue weighted by molar-refractivity contribution is -0.143. The molecule has 7 nitrogen and oxygen atoms in total. The van der Waals surface area contributed by atoms with Crippen molar-refractivity contribution in [1.82, 2.24) is 19.7 Å².